The molecule has 22 heavy (non-hydrogen) atoms. The number of ether oxygens (including phenoxy) is 2. The Balaban J connectivity index is 1.73. The summed E-state index contributed by atoms with van der Waals surface area (Å²) in [6, 6.07) is 10.4. The highest BCUT2D eigenvalue weighted by atomic mass is 19.1. The summed E-state index contributed by atoms with van der Waals surface area (Å²) in [7, 11) is 0. The number of phenolic OH excluding ortho intramolecular Hbond substituents is 1. The van der Waals surface area contributed by atoms with Crippen LogP contribution in [0.25, 0.3) is 0 Å². The van der Waals surface area contributed by atoms with E-state index >= 15 is 0 Å². The van der Waals surface area contributed by atoms with Gasteiger partial charge in [0.25, 0.3) is 0 Å². The van der Waals surface area contributed by atoms with Crippen LogP contribution in [-0.4, -0.2) is 24.1 Å². The molecule has 4 nitrogen and oxygen atoms in total. The summed E-state index contributed by atoms with van der Waals surface area (Å²) >= 11 is 0. The molecule has 2 aromatic rings. The van der Waals surface area contributed by atoms with E-state index in [9.17, 15) is 14.3 Å². The highest BCUT2D eigenvalue weighted by Crippen LogP contribution is 2.24. The van der Waals surface area contributed by atoms with Crippen molar-refractivity contribution >= 4 is 5.78 Å². The van der Waals surface area contributed by atoms with Crippen molar-refractivity contribution in [3.8, 4) is 17.2 Å². The maximum atomic E-state index is 12.7. The molecule has 2 rings (SSSR count). The number of carbonyl (C=O) groups is 1. The van der Waals surface area contributed by atoms with Gasteiger partial charge < -0.3 is 14.6 Å². The fraction of sp³-hybridized carbons (Fsp3) is 0.235. The van der Waals surface area contributed by atoms with Gasteiger partial charge in [0.2, 0.25) is 0 Å². The van der Waals surface area contributed by atoms with Crippen molar-refractivity contribution < 1.29 is 23.8 Å². The second kappa shape index (κ2) is 7.45. The van der Waals surface area contributed by atoms with Gasteiger partial charge in [-0.1, -0.05) is 0 Å². The number of benzene rings is 2. The van der Waals surface area contributed by atoms with Gasteiger partial charge in [0.1, 0.15) is 23.1 Å². The highest BCUT2D eigenvalue weighted by Gasteiger charge is 2.07. The molecule has 5 heteroatoms. The lowest BCUT2D eigenvalue weighted by molar-refractivity contribution is 0.101. The van der Waals surface area contributed by atoms with E-state index in [-0.39, 0.29) is 22.9 Å². The monoisotopic (exact) mass is 304 g/mol. The van der Waals surface area contributed by atoms with Gasteiger partial charge in [0, 0.05) is 12.5 Å². The van der Waals surface area contributed by atoms with Crippen molar-refractivity contribution in [2.75, 3.05) is 13.2 Å². The first-order valence-corrected chi connectivity index (χ1v) is 6.91. The molecule has 0 amide bonds. The Morgan fingerprint density at radius 1 is 1.05 bits per heavy atom. The Kier molecular flexibility index (Phi) is 5.36. The second-order valence-electron chi connectivity index (χ2n) is 4.74. The summed E-state index contributed by atoms with van der Waals surface area (Å²) in [6.07, 6.45) is 0.632. The van der Waals surface area contributed by atoms with Crippen molar-refractivity contribution in [3.05, 3.63) is 53.8 Å². The number of halogens is 1. The third kappa shape index (κ3) is 4.48. The molecule has 0 saturated carbocycles. The summed E-state index contributed by atoms with van der Waals surface area (Å²) < 4.78 is 23.6. The van der Waals surface area contributed by atoms with Crippen molar-refractivity contribution in [2.45, 2.75) is 13.3 Å². The van der Waals surface area contributed by atoms with E-state index < -0.39 is 0 Å². The van der Waals surface area contributed by atoms with Crippen LogP contribution in [-0.2, 0) is 0 Å². The van der Waals surface area contributed by atoms with Crippen LogP contribution < -0.4 is 9.47 Å². The van der Waals surface area contributed by atoms with E-state index in [1.807, 2.05) is 0 Å². The Morgan fingerprint density at radius 2 is 1.64 bits per heavy atom. The lowest BCUT2D eigenvalue weighted by Crippen LogP contribution is -2.05. The fourth-order valence-corrected chi connectivity index (χ4v) is 1.87. The first-order valence-electron chi connectivity index (χ1n) is 6.91. The Labute approximate surface area is 128 Å². The number of Topliss-reactive ketones (excluding diaryl/α,β-unsaturated/α-hetero) is 1. The molecule has 0 bridgehead atoms. The van der Waals surface area contributed by atoms with Crippen LogP contribution in [0.5, 0.6) is 17.2 Å². The summed E-state index contributed by atoms with van der Waals surface area (Å²) in [6.45, 7) is 2.23. The maximum absolute atomic E-state index is 12.7. The average molecular weight is 304 g/mol. The average Bonchev–Trinajstić information content (AvgIpc) is 2.48. The molecule has 0 aromatic heterocycles. The molecule has 0 unspecified atom stereocenters. The largest absolute Gasteiger partial charge is 0.507 e. The Bertz CT molecular complexity index is 638. The topological polar surface area (TPSA) is 55.8 Å². The molecule has 0 atom stereocenters. The number of aromatic hydroxyl groups is 1. The lowest BCUT2D eigenvalue weighted by Gasteiger charge is -2.09. The van der Waals surface area contributed by atoms with Crippen LogP contribution >= 0.6 is 0 Å². The molecule has 0 saturated heterocycles. The molecule has 0 aliphatic rings. The van der Waals surface area contributed by atoms with Crippen LogP contribution in [0.4, 0.5) is 4.39 Å². The zero-order valence-corrected chi connectivity index (χ0v) is 12.2. The zero-order chi connectivity index (χ0) is 15.9. The van der Waals surface area contributed by atoms with Gasteiger partial charge in [-0.3, -0.25) is 4.79 Å². The van der Waals surface area contributed by atoms with E-state index in [1.54, 1.807) is 18.2 Å². The van der Waals surface area contributed by atoms with E-state index in [0.717, 1.165) is 0 Å². The van der Waals surface area contributed by atoms with Gasteiger partial charge in [-0.15, -0.1) is 0 Å². The molecule has 0 aliphatic carbocycles. The van der Waals surface area contributed by atoms with E-state index in [2.05, 4.69) is 0 Å². The molecule has 0 heterocycles. The quantitative estimate of drug-likeness (QED) is 0.627. The lowest BCUT2D eigenvalue weighted by atomic mass is 10.1. The van der Waals surface area contributed by atoms with Crippen LogP contribution in [0.3, 0.4) is 0 Å². The summed E-state index contributed by atoms with van der Waals surface area (Å²) in [4.78, 5) is 11.2. The molecule has 1 N–H and O–H groups in total. The molecular formula is C17H17FO4. The van der Waals surface area contributed by atoms with Gasteiger partial charge in [-0.05, 0) is 43.3 Å². The van der Waals surface area contributed by atoms with Gasteiger partial charge >= 0.3 is 0 Å². The minimum Gasteiger partial charge on any atom is -0.507 e. The maximum Gasteiger partial charge on any atom is 0.163 e. The van der Waals surface area contributed by atoms with E-state index in [0.29, 0.717) is 31.1 Å². The number of carbonyl (C=O) groups excluding carboxylic acids is 1. The van der Waals surface area contributed by atoms with Crippen LogP contribution in [0.2, 0.25) is 0 Å². The molecule has 116 valence electrons. The van der Waals surface area contributed by atoms with Gasteiger partial charge in [0.05, 0.1) is 18.8 Å². The van der Waals surface area contributed by atoms with Crippen molar-refractivity contribution in [3.63, 3.8) is 0 Å². The first kappa shape index (κ1) is 15.8. The van der Waals surface area contributed by atoms with E-state index in [4.69, 9.17) is 9.47 Å². The smallest absolute Gasteiger partial charge is 0.163 e. The first-order chi connectivity index (χ1) is 10.6. The highest BCUT2D eigenvalue weighted by molar-refractivity contribution is 5.96. The number of phenols is 1. The number of hydrogen-bond acceptors (Lipinski definition) is 4. The minimum atomic E-state index is -0.301. The molecule has 2 aromatic carbocycles. The van der Waals surface area contributed by atoms with Crippen molar-refractivity contribution in [1.29, 1.82) is 0 Å². The predicted molar refractivity (Wildman–Crippen MR) is 80.1 cm³/mol. The standard InChI is InChI=1S/C17H17FO4/c1-12(19)16-8-7-15(11-17(16)20)22-10-2-9-21-14-5-3-13(18)4-6-14/h3-8,11,20H,2,9-10H2,1H3. The second-order valence-corrected chi connectivity index (χ2v) is 4.74. The summed E-state index contributed by atoms with van der Waals surface area (Å²) in [5.74, 6) is 0.503. The number of ketones is 1. The number of rotatable bonds is 7. The zero-order valence-electron chi connectivity index (χ0n) is 12.2. The van der Waals surface area contributed by atoms with Crippen LogP contribution in [0, 0.1) is 5.82 Å². The summed E-state index contributed by atoms with van der Waals surface area (Å²) in [5.41, 5.74) is 0.270. The van der Waals surface area contributed by atoms with Gasteiger partial charge in [0.15, 0.2) is 5.78 Å². The molecule has 0 fully saturated rings. The van der Waals surface area contributed by atoms with Gasteiger partial charge in [-0.2, -0.15) is 0 Å². The van der Waals surface area contributed by atoms with Gasteiger partial charge in [-0.25, -0.2) is 4.39 Å². The van der Waals surface area contributed by atoms with Crippen LogP contribution in [0.15, 0.2) is 42.5 Å². The Hall–Kier alpha value is -2.56. The van der Waals surface area contributed by atoms with Crippen LogP contribution in [0.1, 0.15) is 23.7 Å². The molecule has 0 spiro atoms. The molecular weight excluding hydrogens is 287 g/mol. The Morgan fingerprint density at radius 3 is 2.23 bits per heavy atom. The third-order valence-electron chi connectivity index (χ3n) is 2.99. The number of hydrogen-bond donors (Lipinski definition) is 1. The third-order valence-corrected chi connectivity index (χ3v) is 2.99. The molecule has 0 radical (unpaired) electrons. The van der Waals surface area contributed by atoms with Crippen molar-refractivity contribution in [1.82, 2.24) is 0 Å². The minimum absolute atomic E-state index is 0.0902. The van der Waals surface area contributed by atoms with E-state index in [1.165, 1.54) is 31.2 Å². The fourth-order valence-electron chi connectivity index (χ4n) is 1.87. The normalized spacial score (nSPS) is 10.3. The SMILES string of the molecule is CC(=O)c1ccc(OCCCOc2ccc(F)cc2)cc1O. The molecule has 0 aliphatic heterocycles. The summed E-state index contributed by atoms with van der Waals surface area (Å²) in [5, 5.41) is 9.68. The predicted octanol–water partition coefficient (Wildman–Crippen LogP) is 3.58. The van der Waals surface area contributed by atoms with Crippen molar-refractivity contribution in [2.24, 2.45) is 0 Å².